The van der Waals surface area contributed by atoms with Crippen molar-refractivity contribution in [1.29, 1.82) is 0 Å². The third kappa shape index (κ3) is 13.0. The summed E-state index contributed by atoms with van der Waals surface area (Å²) in [5, 5.41) is 36.0. The summed E-state index contributed by atoms with van der Waals surface area (Å²) in [6.45, 7) is 16.1. The molecule has 65 heavy (non-hydrogen) atoms. The van der Waals surface area contributed by atoms with Crippen LogP contribution in [0.2, 0.25) is 0 Å². The average molecular weight is 926 g/mol. The number of hydrogen-bond acceptors (Lipinski definition) is 18. The van der Waals surface area contributed by atoms with Gasteiger partial charge in [0.05, 0.1) is 55.2 Å². The predicted molar refractivity (Wildman–Crippen MR) is 233 cm³/mol. The number of carbonyl (C=O) groups is 4. The van der Waals surface area contributed by atoms with E-state index in [2.05, 4.69) is 0 Å². The number of aliphatic hydroxyl groups is 3. The molecule has 3 fully saturated rings. The molecule has 3 saturated heterocycles. The minimum atomic E-state index is -2.06. The van der Waals surface area contributed by atoms with Crippen LogP contribution in [0, 0.1) is 23.7 Å². The van der Waals surface area contributed by atoms with E-state index in [0.717, 1.165) is 5.56 Å². The summed E-state index contributed by atoms with van der Waals surface area (Å²) < 4.78 is 60.2. The van der Waals surface area contributed by atoms with Crippen molar-refractivity contribution < 1.29 is 81.9 Å². The zero-order valence-electron chi connectivity index (χ0n) is 40.6. The van der Waals surface area contributed by atoms with Crippen LogP contribution in [-0.2, 0) is 63.6 Å². The topological polar surface area (TPSA) is 225 Å². The molecular formula is C47H75NO17. The number of carbonyl (C=O) groups excluding carboxylic acids is 4. The summed E-state index contributed by atoms with van der Waals surface area (Å²) >= 11 is 0. The lowest BCUT2D eigenvalue weighted by atomic mass is 9.74. The van der Waals surface area contributed by atoms with Crippen LogP contribution in [0.4, 0.5) is 9.59 Å². The van der Waals surface area contributed by atoms with Gasteiger partial charge in [-0.25, -0.2) is 9.59 Å². The fourth-order valence-electron chi connectivity index (χ4n) is 9.74. The molecule has 3 aliphatic heterocycles. The van der Waals surface area contributed by atoms with Crippen LogP contribution in [0.5, 0.6) is 0 Å². The molecule has 18 heteroatoms. The smallest absolute Gasteiger partial charge is 0.459 e. The van der Waals surface area contributed by atoms with E-state index in [0.29, 0.717) is 6.42 Å². The summed E-state index contributed by atoms with van der Waals surface area (Å²) in [5.74, 6) is -5.49. The van der Waals surface area contributed by atoms with Crippen molar-refractivity contribution in [3.05, 3.63) is 35.9 Å². The van der Waals surface area contributed by atoms with Crippen LogP contribution in [0.15, 0.2) is 30.3 Å². The number of ketones is 1. The van der Waals surface area contributed by atoms with Gasteiger partial charge in [-0.15, -0.1) is 0 Å². The van der Waals surface area contributed by atoms with Crippen molar-refractivity contribution in [2.24, 2.45) is 23.7 Å². The molecule has 4 rings (SSSR count). The van der Waals surface area contributed by atoms with Gasteiger partial charge < -0.3 is 67.6 Å². The van der Waals surface area contributed by atoms with Crippen LogP contribution < -0.4 is 0 Å². The number of likely N-dealkylation sites (N-methyl/N-ethyl adjacent to an activating group) is 1. The standard InChI is InChI=1S/C47H75NO17/c1-15-33-47(10,55)38(50)27(4)35(49)25(2)22-45(8,54)39(64-42-37(63-43(52)56-13)32(48(11)12)21-26(3)59-42)28(5)36(29(6)41(51)61-33)62-34-23-46(9,57-14)40(30(7)60-34)65-44(53)58-24-31-19-17-16-18-20-31/h16-20,25-30,32-34,36-40,42,50,54-55H,15,21-24H2,1-14H3/t25-,26-,27+,28+,29-,30+,32+,33-,34+,36+,37-,38-,39-,40+,42+,45-,46+,47-/m1/s1. The molecule has 18 atom stereocenters. The number of benzene rings is 1. The van der Waals surface area contributed by atoms with Crippen molar-refractivity contribution in [2.45, 2.75) is 186 Å². The molecule has 1 aromatic carbocycles. The Balaban J connectivity index is 1.80. The van der Waals surface area contributed by atoms with E-state index in [1.807, 2.05) is 56.3 Å². The van der Waals surface area contributed by atoms with Gasteiger partial charge in [0.1, 0.15) is 29.7 Å². The second-order valence-electron chi connectivity index (χ2n) is 19.1. The number of rotatable bonds is 11. The maximum absolute atomic E-state index is 14.5. The highest BCUT2D eigenvalue weighted by Gasteiger charge is 2.55. The van der Waals surface area contributed by atoms with Crippen molar-refractivity contribution in [1.82, 2.24) is 4.90 Å². The molecule has 0 radical (unpaired) electrons. The monoisotopic (exact) mass is 926 g/mol. The van der Waals surface area contributed by atoms with Crippen molar-refractivity contribution in [2.75, 3.05) is 28.3 Å². The Morgan fingerprint density at radius 3 is 2.08 bits per heavy atom. The van der Waals surface area contributed by atoms with E-state index in [9.17, 15) is 34.5 Å². The zero-order chi connectivity index (χ0) is 48.8. The number of aliphatic hydroxyl groups excluding tert-OH is 1. The minimum Gasteiger partial charge on any atom is -0.459 e. The van der Waals surface area contributed by atoms with Gasteiger partial charge in [-0.05, 0) is 80.5 Å². The summed E-state index contributed by atoms with van der Waals surface area (Å²) in [5.41, 5.74) is -4.44. The van der Waals surface area contributed by atoms with Crippen LogP contribution in [0.3, 0.4) is 0 Å². The number of Topliss-reactive ketones (excluding diaryl/α,β-unsaturated/α-hetero) is 1. The molecule has 0 amide bonds. The van der Waals surface area contributed by atoms with Gasteiger partial charge in [0.15, 0.2) is 24.8 Å². The van der Waals surface area contributed by atoms with Crippen LogP contribution in [0.1, 0.15) is 100 Å². The van der Waals surface area contributed by atoms with E-state index in [1.165, 1.54) is 35.0 Å². The lowest BCUT2D eigenvalue weighted by Crippen LogP contribution is -2.62. The number of ether oxygens (including phenoxy) is 10. The maximum atomic E-state index is 14.5. The van der Waals surface area contributed by atoms with Gasteiger partial charge in [0.25, 0.3) is 0 Å². The Hall–Kier alpha value is -3.46. The van der Waals surface area contributed by atoms with Gasteiger partial charge in [-0.2, -0.15) is 0 Å². The first-order chi connectivity index (χ1) is 30.3. The second kappa shape index (κ2) is 22.6. The molecule has 18 nitrogen and oxygen atoms in total. The third-order valence-electron chi connectivity index (χ3n) is 13.6. The lowest BCUT2D eigenvalue weighted by molar-refractivity contribution is -0.318. The Morgan fingerprint density at radius 2 is 1.49 bits per heavy atom. The quantitative estimate of drug-likeness (QED) is 0.197. The highest BCUT2D eigenvalue weighted by atomic mass is 16.8. The summed E-state index contributed by atoms with van der Waals surface area (Å²) in [6.07, 6.45) is -12.9. The predicted octanol–water partition coefficient (Wildman–Crippen LogP) is 4.94. The van der Waals surface area contributed by atoms with E-state index >= 15 is 0 Å². The fraction of sp³-hybridized carbons (Fsp3) is 0.787. The molecule has 3 heterocycles. The summed E-state index contributed by atoms with van der Waals surface area (Å²) in [4.78, 5) is 56.1. The van der Waals surface area contributed by atoms with Gasteiger partial charge in [-0.1, -0.05) is 58.0 Å². The molecule has 0 saturated carbocycles. The van der Waals surface area contributed by atoms with Crippen molar-refractivity contribution in [3.63, 3.8) is 0 Å². The molecule has 370 valence electrons. The Labute approximate surface area is 383 Å². The van der Waals surface area contributed by atoms with Crippen molar-refractivity contribution >= 4 is 24.1 Å². The van der Waals surface area contributed by atoms with E-state index in [-0.39, 0.29) is 25.9 Å². The molecule has 1 aromatic rings. The molecule has 3 aliphatic rings. The number of cyclic esters (lactones) is 1. The molecule has 0 bridgehead atoms. The summed E-state index contributed by atoms with van der Waals surface area (Å²) in [7, 11) is 6.27. The van der Waals surface area contributed by atoms with Gasteiger partial charge in [-0.3, -0.25) is 9.59 Å². The Morgan fingerprint density at radius 1 is 0.846 bits per heavy atom. The van der Waals surface area contributed by atoms with E-state index < -0.39 is 132 Å². The first-order valence-electron chi connectivity index (χ1n) is 22.6. The van der Waals surface area contributed by atoms with Gasteiger partial charge in [0, 0.05) is 31.3 Å². The highest BCUT2D eigenvalue weighted by molar-refractivity contribution is 5.83. The first-order valence-corrected chi connectivity index (χ1v) is 22.6. The normalized spacial score (nSPS) is 41.2. The van der Waals surface area contributed by atoms with Crippen LogP contribution >= 0.6 is 0 Å². The third-order valence-corrected chi connectivity index (χ3v) is 13.6. The zero-order valence-corrected chi connectivity index (χ0v) is 40.6. The van der Waals surface area contributed by atoms with Gasteiger partial charge >= 0.3 is 18.3 Å². The number of hydrogen-bond donors (Lipinski definition) is 3. The van der Waals surface area contributed by atoms with Crippen LogP contribution in [-0.4, -0.2) is 157 Å². The van der Waals surface area contributed by atoms with Crippen molar-refractivity contribution in [3.8, 4) is 0 Å². The number of methoxy groups -OCH3 is 2. The Kier molecular flexibility index (Phi) is 18.8. The van der Waals surface area contributed by atoms with Gasteiger partial charge in [0.2, 0.25) is 0 Å². The SMILES string of the molecule is CC[C@H]1OC(=O)[C@H](C)[C@@H](O[C@H]2C[C@](C)(OC)[C@@H](OC(=O)OCc3ccccc3)[C@H](C)O2)[C@H](C)[C@@H](O[C@@H]2O[C@H](C)C[C@H](N(C)C)[C@H]2OC(=O)OC)[C@](C)(O)C[C@@H](C)C(=O)[C@H](C)[C@@H](O)[C@]1(C)O. The number of esters is 1. The molecule has 0 aliphatic carbocycles. The Bertz CT molecular complexity index is 1730. The fourth-order valence-corrected chi connectivity index (χ4v) is 9.74. The molecule has 0 aromatic heterocycles. The molecule has 3 N–H and O–H groups in total. The molecular weight excluding hydrogens is 851 g/mol. The lowest BCUT2D eigenvalue weighted by Gasteiger charge is -2.49. The maximum Gasteiger partial charge on any atom is 0.509 e. The second-order valence-corrected chi connectivity index (χ2v) is 19.1. The number of nitrogens with zero attached hydrogens (tertiary/aromatic N) is 1. The molecule has 0 spiro atoms. The van der Waals surface area contributed by atoms with Crippen LogP contribution in [0.25, 0.3) is 0 Å². The van der Waals surface area contributed by atoms with E-state index in [1.54, 1.807) is 41.5 Å². The summed E-state index contributed by atoms with van der Waals surface area (Å²) in [6, 6.07) is 8.68. The molecule has 0 unspecified atom stereocenters. The minimum absolute atomic E-state index is 0.0208. The highest BCUT2D eigenvalue weighted by Crippen LogP contribution is 2.42. The average Bonchev–Trinajstić information content (AvgIpc) is 3.25. The first kappa shape index (κ1) is 54.1. The largest absolute Gasteiger partial charge is 0.509 e. The van der Waals surface area contributed by atoms with E-state index in [4.69, 9.17) is 47.4 Å².